The summed E-state index contributed by atoms with van der Waals surface area (Å²) in [6.45, 7) is 1.55. The first-order chi connectivity index (χ1) is 8.22. The van der Waals surface area contributed by atoms with E-state index >= 15 is 0 Å². The predicted octanol–water partition coefficient (Wildman–Crippen LogP) is 1.56. The van der Waals surface area contributed by atoms with E-state index in [4.69, 9.17) is 11.6 Å². The summed E-state index contributed by atoms with van der Waals surface area (Å²) in [6.07, 6.45) is 3.56. The first-order valence-corrected chi connectivity index (χ1v) is 6.17. The number of pyridine rings is 1. The number of hydrogen-bond donors (Lipinski definition) is 1. The number of nitrogens with one attached hydrogen (secondary N) is 1. The smallest absolute Gasteiger partial charge is 0.256 e. The molecule has 0 unspecified atom stereocenters. The zero-order chi connectivity index (χ0) is 12.3. The Hall–Kier alpha value is -1.13. The maximum Gasteiger partial charge on any atom is 0.256 e. The monoisotopic (exact) mass is 253 g/mol. The zero-order valence-corrected chi connectivity index (χ0v) is 10.6. The highest BCUT2D eigenvalue weighted by Crippen LogP contribution is 2.17. The van der Waals surface area contributed by atoms with Gasteiger partial charge in [0, 0.05) is 25.3 Å². The summed E-state index contributed by atoms with van der Waals surface area (Å²) in [5.41, 5.74) is 0.497. The van der Waals surface area contributed by atoms with Crippen LogP contribution in [-0.4, -0.2) is 42.0 Å². The van der Waals surface area contributed by atoms with Crippen LogP contribution in [-0.2, 0) is 0 Å². The van der Waals surface area contributed by atoms with Crippen LogP contribution in [0.4, 0.5) is 0 Å². The lowest BCUT2D eigenvalue weighted by Gasteiger charge is -2.31. The third-order valence-electron chi connectivity index (χ3n) is 3.18. The number of aromatic nitrogens is 1. The van der Waals surface area contributed by atoms with Gasteiger partial charge in [-0.15, -0.1) is 0 Å². The summed E-state index contributed by atoms with van der Waals surface area (Å²) < 4.78 is 0. The topological polar surface area (TPSA) is 45.2 Å². The first-order valence-electron chi connectivity index (χ1n) is 5.79. The molecule has 2 heterocycles. The van der Waals surface area contributed by atoms with Gasteiger partial charge in [-0.1, -0.05) is 11.6 Å². The summed E-state index contributed by atoms with van der Waals surface area (Å²) >= 11 is 5.92. The van der Waals surface area contributed by atoms with Gasteiger partial charge in [-0.3, -0.25) is 4.79 Å². The molecule has 17 heavy (non-hydrogen) atoms. The van der Waals surface area contributed by atoms with Crippen molar-refractivity contribution in [2.75, 3.05) is 20.1 Å². The molecule has 92 valence electrons. The van der Waals surface area contributed by atoms with Gasteiger partial charge in [-0.2, -0.15) is 0 Å². The largest absolute Gasteiger partial charge is 0.338 e. The van der Waals surface area contributed by atoms with Crippen molar-refractivity contribution in [1.29, 1.82) is 0 Å². The van der Waals surface area contributed by atoms with Crippen LogP contribution < -0.4 is 5.32 Å². The highest BCUT2D eigenvalue weighted by Gasteiger charge is 2.24. The molecule has 2 rings (SSSR count). The SMILES string of the molecule is CNC1CCN(C(=O)c2cccnc2Cl)CC1. The number of carbonyl (C=O) groups excluding carboxylic acids is 1. The van der Waals surface area contributed by atoms with Crippen LogP contribution in [0.15, 0.2) is 18.3 Å². The van der Waals surface area contributed by atoms with Crippen LogP contribution in [0.25, 0.3) is 0 Å². The molecule has 1 saturated heterocycles. The zero-order valence-electron chi connectivity index (χ0n) is 9.82. The lowest BCUT2D eigenvalue weighted by atomic mass is 10.0. The van der Waals surface area contributed by atoms with Gasteiger partial charge in [-0.05, 0) is 32.0 Å². The molecule has 0 bridgehead atoms. The third kappa shape index (κ3) is 2.76. The van der Waals surface area contributed by atoms with Crippen LogP contribution in [0.5, 0.6) is 0 Å². The maximum absolute atomic E-state index is 12.2. The van der Waals surface area contributed by atoms with Crippen molar-refractivity contribution in [1.82, 2.24) is 15.2 Å². The van der Waals surface area contributed by atoms with Crippen molar-refractivity contribution >= 4 is 17.5 Å². The molecule has 1 fully saturated rings. The highest BCUT2D eigenvalue weighted by atomic mass is 35.5. The second-order valence-corrected chi connectivity index (χ2v) is 4.55. The molecule has 1 aliphatic rings. The fraction of sp³-hybridized carbons (Fsp3) is 0.500. The Kier molecular flexibility index (Phi) is 3.97. The molecule has 0 aliphatic carbocycles. The molecule has 5 heteroatoms. The van der Waals surface area contributed by atoms with Gasteiger partial charge < -0.3 is 10.2 Å². The van der Waals surface area contributed by atoms with E-state index in [9.17, 15) is 4.79 Å². The summed E-state index contributed by atoms with van der Waals surface area (Å²) in [7, 11) is 1.96. The van der Waals surface area contributed by atoms with Crippen molar-refractivity contribution in [2.45, 2.75) is 18.9 Å². The molecule has 1 aromatic heterocycles. The highest BCUT2D eigenvalue weighted by molar-refractivity contribution is 6.32. The number of amides is 1. The Bertz CT molecular complexity index is 402. The molecular formula is C12H16ClN3O. The van der Waals surface area contributed by atoms with Gasteiger partial charge in [0.15, 0.2) is 0 Å². The van der Waals surface area contributed by atoms with Gasteiger partial charge in [-0.25, -0.2) is 4.98 Å². The molecule has 0 atom stereocenters. The number of rotatable bonds is 2. The van der Waals surface area contributed by atoms with Gasteiger partial charge in [0.25, 0.3) is 5.91 Å². The van der Waals surface area contributed by atoms with E-state index < -0.39 is 0 Å². The fourth-order valence-electron chi connectivity index (χ4n) is 2.09. The minimum Gasteiger partial charge on any atom is -0.338 e. The Morgan fingerprint density at radius 3 is 2.82 bits per heavy atom. The third-order valence-corrected chi connectivity index (χ3v) is 3.48. The van der Waals surface area contributed by atoms with E-state index in [-0.39, 0.29) is 11.1 Å². The van der Waals surface area contributed by atoms with Gasteiger partial charge in [0.1, 0.15) is 5.15 Å². The quantitative estimate of drug-likeness (QED) is 0.814. The Labute approximate surface area is 106 Å². The van der Waals surface area contributed by atoms with Gasteiger partial charge >= 0.3 is 0 Å². The summed E-state index contributed by atoms with van der Waals surface area (Å²) in [4.78, 5) is 18.0. The number of nitrogens with zero attached hydrogens (tertiary/aromatic N) is 2. The molecule has 1 amide bonds. The minimum absolute atomic E-state index is 0.0161. The van der Waals surface area contributed by atoms with E-state index in [0.717, 1.165) is 25.9 Å². The fourth-order valence-corrected chi connectivity index (χ4v) is 2.29. The van der Waals surface area contributed by atoms with Crippen LogP contribution in [0.1, 0.15) is 23.2 Å². The van der Waals surface area contributed by atoms with Crippen molar-refractivity contribution in [3.05, 3.63) is 29.0 Å². The van der Waals surface area contributed by atoms with Crippen LogP contribution >= 0.6 is 11.6 Å². The van der Waals surface area contributed by atoms with Crippen molar-refractivity contribution < 1.29 is 4.79 Å². The molecule has 4 nitrogen and oxygen atoms in total. The first kappa shape index (κ1) is 12.3. The molecule has 0 saturated carbocycles. The minimum atomic E-state index is -0.0161. The molecule has 0 radical (unpaired) electrons. The van der Waals surface area contributed by atoms with Gasteiger partial charge in [0.2, 0.25) is 0 Å². The molecule has 0 aromatic carbocycles. The van der Waals surface area contributed by atoms with Crippen LogP contribution in [0.3, 0.4) is 0 Å². The van der Waals surface area contributed by atoms with E-state index in [1.54, 1.807) is 18.3 Å². The Morgan fingerprint density at radius 1 is 1.53 bits per heavy atom. The number of likely N-dealkylation sites (tertiary alicyclic amines) is 1. The normalized spacial score (nSPS) is 17.2. The van der Waals surface area contributed by atoms with E-state index in [1.807, 2.05) is 11.9 Å². The Morgan fingerprint density at radius 2 is 2.24 bits per heavy atom. The van der Waals surface area contributed by atoms with Crippen molar-refractivity contribution in [3.63, 3.8) is 0 Å². The average Bonchev–Trinajstić information content (AvgIpc) is 2.39. The number of piperidine rings is 1. The van der Waals surface area contributed by atoms with Crippen molar-refractivity contribution in [2.24, 2.45) is 0 Å². The number of carbonyl (C=O) groups is 1. The van der Waals surface area contributed by atoms with Crippen molar-refractivity contribution in [3.8, 4) is 0 Å². The molecule has 1 aromatic rings. The summed E-state index contributed by atoms with van der Waals surface area (Å²) in [5, 5.41) is 3.52. The number of halogens is 1. The molecular weight excluding hydrogens is 238 g/mol. The molecule has 1 N–H and O–H groups in total. The standard InChI is InChI=1S/C12H16ClN3O/c1-14-9-4-7-16(8-5-9)12(17)10-3-2-6-15-11(10)13/h2-3,6,9,14H,4-5,7-8H2,1H3. The average molecular weight is 254 g/mol. The molecule has 1 aliphatic heterocycles. The van der Waals surface area contributed by atoms with E-state index in [1.165, 1.54) is 0 Å². The summed E-state index contributed by atoms with van der Waals surface area (Å²) in [6, 6.07) is 3.98. The van der Waals surface area contributed by atoms with E-state index in [0.29, 0.717) is 11.6 Å². The Balaban J connectivity index is 2.04. The second-order valence-electron chi connectivity index (χ2n) is 4.20. The predicted molar refractivity (Wildman–Crippen MR) is 67.2 cm³/mol. The van der Waals surface area contributed by atoms with Crippen LogP contribution in [0.2, 0.25) is 5.15 Å². The van der Waals surface area contributed by atoms with E-state index in [2.05, 4.69) is 10.3 Å². The second kappa shape index (κ2) is 5.47. The summed E-state index contributed by atoms with van der Waals surface area (Å²) in [5.74, 6) is -0.0161. The number of hydrogen-bond acceptors (Lipinski definition) is 3. The van der Waals surface area contributed by atoms with Crippen LogP contribution in [0, 0.1) is 0 Å². The molecule has 0 spiro atoms. The lowest BCUT2D eigenvalue weighted by molar-refractivity contribution is 0.0707. The maximum atomic E-state index is 12.2. The lowest BCUT2D eigenvalue weighted by Crippen LogP contribution is -2.44. The van der Waals surface area contributed by atoms with Gasteiger partial charge in [0.05, 0.1) is 5.56 Å².